The number of nitrogens with zero attached hydrogens (tertiary/aromatic N) is 3. The van der Waals surface area contributed by atoms with Crippen LogP contribution in [0, 0.1) is 5.92 Å². The third-order valence-corrected chi connectivity index (χ3v) is 3.89. The van der Waals surface area contributed by atoms with E-state index in [-0.39, 0.29) is 23.8 Å². The first-order valence-electron chi connectivity index (χ1n) is 7.94. The zero-order valence-corrected chi connectivity index (χ0v) is 13.7. The molecule has 2 aromatic rings. The van der Waals surface area contributed by atoms with Crippen LogP contribution in [0.3, 0.4) is 0 Å². The monoisotopic (exact) mass is 329 g/mol. The van der Waals surface area contributed by atoms with E-state index in [2.05, 4.69) is 25.6 Å². The van der Waals surface area contributed by atoms with E-state index in [9.17, 15) is 9.18 Å². The minimum atomic E-state index is -1.74. The first-order chi connectivity index (χ1) is 11.5. The second kappa shape index (κ2) is 6.51. The normalized spacial score (nSPS) is 15.6. The molecule has 1 atom stereocenters. The average molecular weight is 329 g/mol. The van der Waals surface area contributed by atoms with Crippen LogP contribution in [0.4, 0.5) is 16.3 Å². The topological polar surface area (TPSA) is 79.8 Å². The lowest BCUT2D eigenvalue weighted by molar-refractivity contribution is -0.105. The molecule has 1 unspecified atom stereocenters. The van der Waals surface area contributed by atoms with Crippen molar-refractivity contribution in [1.82, 2.24) is 15.0 Å². The number of anilines is 2. The van der Waals surface area contributed by atoms with E-state index >= 15 is 0 Å². The highest BCUT2D eigenvalue weighted by atomic mass is 19.1. The summed E-state index contributed by atoms with van der Waals surface area (Å²) in [5, 5.41) is 5.65. The number of amides is 1. The Kier molecular flexibility index (Phi) is 4.42. The molecule has 1 amide bonds. The van der Waals surface area contributed by atoms with Crippen LogP contribution in [0.1, 0.15) is 44.1 Å². The van der Waals surface area contributed by atoms with Gasteiger partial charge in [0.1, 0.15) is 0 Å². The number of rotatable bonds is 7. The van der Waals surface area contributed by atoms with Gasteiger partial charge in [-0.25, -0.2) is 4.39 Å². The van der Waals surface area contributed by atoms with Gasteiger partial charge >= 0.3 is 0 Å². The van der Waals surface area contributed by atoms with Crippen LogP contribution in [0.25, 0.3) is 0 Å². The van der Waals surface area contributed by atoms with Gasteiger partial charge in [0, 0.05) is 0 Å². The Morgan fingerprint density at radius 2 is 1.83 bits per heavy atom. The zero-order chi connectivity index (χ0) is 17.2. The van der Waals surface area contributed by atoms with Crippen LogP contribution < -0.4 is 10.6 Å². The Balaban J connectivity index is 1.92. The quantitative estimate of drug-likeness (QED) is 0.763. The van der Waals surface area contributed by atoms with E-state index in [1.165, 1.54) is 13.8 Å². The maximum absolute atomic E-state index is 14.3. The van der Waals surface area contributed by atoms with Crippen molar-refractivity contribution in [2.75, 3.05) is 10.6 Å². The Labute approximate surface area is 139 Å². The molecule has 24 heavy (non-hydrogen) atoms. The second-order valence-electron chi connectivity index (χ2n) is 6.41. The predicted octanol–water partition coefficient (Wildman–Crippen LogP) is 3.21. The van der Waals surface area contributed by atoms with Gasteiger partial charge in [-0.15, -0.1) is 0 Å². The highest BCUT2D eigenvalue weighted by Gasteiger charge is 2.33. The number of aromatic nitrogens is 3. The molecule has 1 heterocycles. The zero-order valence-electron chi connectivity index (χ0n) is 13.7. The molecule has 1 aromatic carbocycles. The standard InChI is InChI=1S/C17H20FN5O/c1-17(2,18)14-21-15(19-10-24)23-16(22-14)20-13(12-8-9-12)11-6-4-3-5-7-11/h3-7,10,12-13H,8-9H2,1-2H3,(H2,19,20,21,22,23,24). The van der Waals surface area contributed by atoms with Gasteiger partial charge in [0.15, 0.2) is 11.5 Å². The van der Waals surface area contributed by atoms with Crippen LogP contribution in [0.15, 0.2) is 30.3 Å². The molecule has 2 N–H and O–H groups in total. The van der Waals surface area contributed by atoms with Crippen LogP contribution in [-0.4, -0.2) is 21.4 Å². The maximum atomic E-state index is 14.3. The van der Waals surface area contributed by atoms with Crippen molar-refractivity contribution in [2.45, 2.75) is 38.4 Å². The number of hydrogen-bond acceptors (Lipinski definition) is 5. The van der Waals surface area contributed by atoms with Gasteiger partial charge < -0.3 is 5.32 Å². The lowest BCUT2D eigenvalue weighted by atomic mass is 10.0. The summed E-state index contributed by atoms with van der Waals surface area (Å²) in [4.78, 5) is 23.0. The number of benzene rings is 1. The van der Waals surface area contributed by atoms with Crippen molar-refractivity contribution >= 4 is 18.3 Å². The first kappa shape index (κ1) is 16.3. The predicted molar refractivity (Wildman–Crippen MR) is 89.2 cm³/mol. The lowest BCUT2D eigenvalue weighted by Crippen LogP contribution is -2.21. The molecule has 3 rings (SSSR count). The molecule has 0 spiro atoms. The van der Waals surface area contributed by atoms with Gasteiger partial charge in [-0.1, -0.05) is 30.3 Å². The van der Waals surface area contributed by atoms with E-state index in [1.54, 1.807) is 0 Å². The molecule has 0 aliphatic heterocycles. The van der Waals surface area contributed by atoms with E-state index in [4.69, 9.17) is 0 Å². The number of nitrogens with one attached hydrogen (secondary N) is 2. The van der Waals surface area contributed by atoms with Gasteiger partial charge in [0.05, 0.1) is 6.04 Å². The summed E-state index contributed by atoms with van der Waals surface area (Å²) in [5.41, 5.74) is -0.605. The van der Waals surface area contributed by atoms with Crippen LogP contribution in [0.5, 0.6) is 0 Å². The maximum Gasteiger partial charge on any atom is 0.234 e. The van der Waals surface area contributed by atoms with Crippen molar-refractivity contribution in [3.8, 4) is 0 Å². The smallest absolute Gasteiger partial charge is 0.234 e. The van der Waals surface area contributed by atoms with Crippen molar-refractivity contribution in [1.29, 1.82) is 0 Å². The van der Waals surface area contributed by atoms with Gasteiger partial charge in [-0.3, -0.25) is 10.1 Å². The molecule has 1 saturated carbocycles. The van der Waals surface area contributed by atoms with E-state index in [0.717, 1.165) is 18.4 Å². The molecule has 1 fully saturated rings. The van der Waals surface area contributed by atoms with Crippen LogP contribution in [-0.2, 0) is 10.5 Å². The molecule has 126 valence electrons. The molecule has 0 radical (unpaired) electrons. The molecule has 0 saturated heterocycles. The Morgan fingerprint density at radius 1 is 1.17 bits per heavy atom. The molecule has 1 aromatic heterocycles. The molecular formula is C17H20FN5O. The molecule has 1 aliphatic rings. The van der Waals surface area contributed by atoms with E-state index in [0.29, 0.717) is 12.3 Å². The van der Waals surface area contributed by atoms with Gasteiger partial charge in [0.25, 0.3) is 0 Å². The number of halogens is 1. The molecule has 6 nitrogen and oxygen atoms in total. The SMILES string of the molecule is CC(C)(F)c1nc(NC=O)nc(NC(c2ccccc2)C2CC2)n1. The average Bonchev–Trinajstić information content (AvgIpc) is 3.37. The molecule has 0 bridgehead atoms. The minimum absolute atomic E-state index is 0.0213. The number of alkyl halides is 1. The van der Waals surface area contributed by atoms with Crippen molar-refractivity contribution < 1.29 is 9.18 Å². The van der Waals surface area contributed by atoms with Crippen molar-refractivity contribution in [2.24, 2.45) is 5.92 Å². The van der Waals surface area contributed by atoms with Crippen LogP contribution >= 0.6 is 0 Å². The number of carbonyl (C=O) groups is 1. The third kappa shape index (κ3) is 3.84. The molecular weight excluding hydrogens is 309 g/mol. The summed E-state index contributed by atoms with van der Waals surface area (Å²) in [7, 11) is 0. The van der Waals surface area contributed by atoms with Gasteiger partial charge in [-0.2, -0.15) is 15.0 Å². The second-order valence-corrected chi connectivity index (χ2v) is 6.41. The summed E-state index contributed by atoms with van der Waals surface area (Å²) < 4.78 is 14.3. The van der Waals surface area contributed by atoms with Gasteiger partial charge in [0.2, 0.25) is 18.3 Å². The summed E-state index contributed by atoms with van der Waals surface area (Å²) in [5.74, 6) is 0.766. The minimum Gasteiger partial charge on any atom is -0.347 e. The van der Waals surface area contributed by atoms with Crippen molar-refractivity contribution in [3.63, 3.8) is 0 Å². The summed E-state index contributed by atoms with van der Waals surface area (Å²) in [6, 6.07) is 10.1. The fourth-order valence-electron chi connectivity index (χ4n) is 2.53. The summed E-state index contributed by atoms with van der Waals surface area (Å²) in [6.07, 6.45) is 2.71. The van der Waals surface area contributed by atoms with Crippen molar-refractivity contribution in [3.05, 3.63) is 41.7 Å². The Hall–Kier alpha value is -2.57. The van der Waals surface area contributed by atoms with E-state index in [1.807, 2.05) is 30.3 Å². The van der Waals surface area contributed by atoms with Gasteiger partial charge in [-0.05, 0) is 38.2 Å². The summed E-state index contributed by atoms with van der Waals surface area (Å²) >= 11 is 0. The third-order valence-electron chi connectivity index (χ3n) is 3.89. The highest BCUT2D eigenvalue weighted by Crippen LogP contribution is 2.42. The summed E-state index contributed by atoms with van der Waals surface area (Å²) in [6.45, 7) is 2.73. The molecule has 7 heteroatoms. The number of carbonyl (C=O) groups excluding carboxylic acids is 1. The fourth-order valence-corrected chi connectivity index (χ4v) is 2.53. The fraction of sp³-hybridized carbons (Fsp3) is 0.412. The number of hydrogen-bond donors (Lipinski definition) is 2. The van der Waals surface area contributed by atoms with Crippen LogP contribution in [0.2, 0.25) is 0 Å². The largest absolute Gasteiger partial charge is 0.347 e. The first-order valence-corrected chi connectivity index (χ1v) is 7.94. The lowest BCUT2D eigenvalue weighted by Gasteiger charge is -2.20. The highest BCUT2D eigenvalue weighted by molar-refractivity contribution is 5.67. The molecule has 1 aliphatic carbocycles. The Bertz CT molecular complexity index is 713. The Morgan fingerprint density at radius 3 is 2.42 bits per heavy atom. The van der Waals surface area contributed by atoms with E-state index < -0.39 is 5.67 Å².